The van der Waals surface area contributed by atoms with Crippen LogP contribution < -0.4 is 10.6 Å². The van der Waals surface area contributed by atoms with E-state index in [4.69, 9.17) is 11.6 Å². The Bertz CT molecular complexity index is 947. The van der Waals surface area contributed by atoms with Crippen molar-refractivity contribution in [1.29, 1.82) is 0 Å². The molecule has 0 aliphatic carbocycles. The standard InChI is InChI=1S/C18H13ClN4O/c19-12-6-7-15-13(8-12)14(18(24)21-15)10-20-17-9-16(22-23-17)11-4-2-1-3-5-11/h1-10H,(H,21,24)(H2,20,22,23)/b14-10+. The molecule has 2 heterocycles. The first-order valence-electron chi connectivity index (χ1n) is 7.39. The van der Waals surface area contributed by atoms with Gasteiger partial charge in [-0.05, 0) is 23.8 Å². The Balaban J connectivity index is 1.59. The number of aromatic amines is 1. The molecule has 118 valence electrons. The van der Waals surface area contributed by atoms with Gasteiger partial charge in [0.1, 0.15) is 0 Å². The highest BCUT2D eigenvalue weighted by Gasteiger charge is 2.24. The predicted molar refractivity (Wildman–Crippen MR) is 95.7 cm³/mol. The van der Waals surface area contributed by atoms with Crippen LogP contribution in [-0.4, -0.2) is 16.1 Å². The summed E-state index contributed by atoms with van der Waals surface area (Å²) in [5.74, 6) is 0.461. The van der Waals surface area contributed by atoms with Crippen molar-refractivity contribution in [2.45, 2.75) is 0 Å². The van der Waals surface area contributed by atoms with Gasteiger partial charge in [-0.15, -0.1) is 0 Å². The number of carbonyl (C=O) groups is 1. The molecule has 3 aromatic rings. The molecule has 3 N–H and O–H groups in total. The van der Waals surface area contributed by atoms with Crippen molar-refractivity contribution in [1.82, 2.24) is 10.2 Å². The molecule has 1 aliphatic heterocycles. The molecule has 2 aromatic carbocycles. The van der Waals surface area contributed by atoms with E-state index >= 15 is 0 Å². The zero-order valence-electron chi connectivity index (χ0n) is 12.5. The van der Waals surface area contributed by atoms with Gasteiger partial charge in [-0.2, -0.15) is 5.10 Å². The van der Waals surface area contributed by atoms with Crippen molar-refractivity contribution in [3.8, 4) is 11.3 Å². The second kappa shape index (κ2) is 5.86. The third-order valence-electron chi connectivity index (χ3n) is 3.79. The van der Waals surface area contributed by atoms with Crippen molar-refractivity contribution in [2.24, 2.45) is 0 Å². The Labute approximate surface area is 143 Å². The third kappa shape index (κ3) is 2.66. The molecule has 1 aromatic heterocycles. The molecule has 4 rings (SSSR count). The van der Waals surface area contributed by atoms with Gasteiger partial charge in [0.25, 0.3) is 5.91 Å². The molecular weight excluding hydrogens is 324 g/mol. The van der Waals surface area contributed by atoms with Crippen LogP contribution in [0.3, 0.4) is 0 Å². The number of amides is 1. The summed E-state index contributed by atoms with van der Waals surface area (Å²) in [7, 11) is 0. The summed E-state index contributed by atoms with van der Waals surface area (Å²) >= 11 is 6.02. The lowest BCUT2D eigenvalue weighted by molar-refractivity contribution is -0.110. The lowest BCUT2D eigenvalue weighted by Gasteiger charge is -1.99. The number of nitrogens with one attached hydrogen (secondary N) is 3. The second-order valence-electron chi connectivity index (χ2n) is 5.38. The highest BCUT2D eigenvalue weighted by atomic mass is 35.5. The topological polar surface area (TPSA) is 69.8 Å². The van der Waals surface area contributed by atoms with Crippen LogP contribution in [0.1, 0.15) is 5.56 Å². The Morgan fingerprint density at radius 1 is 1.08 bits per heavy atom. The number of H-pyrrole nitrogens is 1. The second-order valence-corrected chi connectivity index (χ2v) is 5.82. The summed E-state index contributed by atoms with van der Waals surface area (Å²) in [6, 6.07) is 17.1. The minimum Gasteiger partial charge on any atom is -0.344 e. The van der Waals surface area contributed by atoms with E-state index in [1.807, 2.05) is 36.4 Å². The fourth-order valence-corrected chi connectivity index (χ4v) is 2.78. The van der Waals surface area contributed by atoms with Gasteiger partial charge in [-0.1, -0.05) is 41.9 Å². The van der Waals surface area contributed by atoms with Crippen LogP contribution in [0.15, 0.2) is 60.8 Å². The molecule has 1 amide bonds. The van der Waals surface area contributed by atoms with E-state index in [2.05, 4.69) is 20.8 Å². The lowest BCUT2D eigenvalue weighted by atomic mass is 10.1. The molecule has 6 heteroatoms. The number of nitrogens with zero attached hydrogens (tertiary/aromatic N) is 1. The van der Waals surface area contributed by atoms with Gasteiger partial charge < -0.3 is 10.6 Å². The summed E-state index contributed by atoms with van der Waals surface area (Å²) in [4.78, 5) is 12.1. The largest absolute Gasteiger partial charge is 0.344 e. The number of carbonyl (C=O) groups excluding carboxylic acids is 1. The van der Waals surface area contributed by atoms with Gasteiger partial charge in [0.15, 0.2) is 5.82 Å². The molecule has 0 saturated heterocycles. The van der Waals surface area contributed by atoms with Gasteiger partial charge in [0.05, 0.1) is 11.3 Å². The first-order chi connectivity index (χ1) is 11.7. The molecule has 1 aliphatic rings. The van der Waals surface area contributed by atoms with Gasteiger partial charge >= 0.3 is 0 Å². The Kier molecular flexibility index (Phi) is 3.55. The highest BCUT2D eigenvalue weighted by molar-refractivity contribution is 6.34. The number of aromatic nitrogens is 2. The predicted octanol–water partition coefficient (Wildman–Crippen LogP) is 4.14. The lowest BCUT2D eigenvalue weighted by Crippen LogP contribution is -2.05. The van der Waals surface area contributed by atoms with Crippen LogP contribution in [0.4, 0.5) is 11.5 Å². The van der Waals surface area contributed by atoms with Crippen molar-refractivity contribution < 1.29 is 4.79 Å². The monoisotopic (exact) mass is 336 g/mol. The van der Waals surface area contributed by atoms with Crippen molar-refractivity contribution >= 4 is 34.6 Å². The van der Waals surface area contributed by atoms with Crippen LogP contribution >= 0.6 is 11.6 Å². The summed E-state index contributed by atoms with van der Waals surface area (Å²) in [6.45, 7) is 0. The molecule has 24 heavy (non-hydrogen) atoms. The Morgan fingerprint density at radius 3 is 2.75 bits per heavy atom. The molecule has 0 fully saturated rings. The number of halogens is 1. The van der Waals surface area contributed by atoms with Crippen LogP contribution in [0.5, 0.6) is 0 Å². The zero-order chi connectivity index (χ0) is 16.5. The summed E-state index contributed by atoms with van der Waals surface area (Å²) < 4.78 is 0. The molecule has 0 saturated carbocycles. The zero-order valence-corrected chi connectivity index (χ0v) is 13.3. The summed E-state index contributed by atoms with van der Waals surface area (Å²) in [5, 5.41) is 13.6. The normalized spacial score (nSPS) is 14.5. The SMILES string of the molecule is O=C1Nc2ccc(Cl)cc2/C1=C\Nc1cc(-c2ccccc2)[nH]n1. The van der Waals surface area contributed by atoms with Gasteiger partial charge in [-0.3, -0.25) is 9.89 Å². The molecule has 0 radical (unpaired) electrons. The van der Waals surface area contributed by atoms with E-state index < -0.39 is 0 Å². The van der Waals surface area contributed by atoms with Gasteiger partial charge in [0, 0.05) is 28.5 Å². The Hall–Kier alpha value is -3.05. The number of hydrogen-bond acceptors (Lipinski definition) is 3. The molecule has 0 atom stereocenters. The minimum absolute atomic E-state index is 0.168. The van der Waals surface area contributed by atoms with E-state index in [0.717, 1.165) is 22.5 Å². The minimum atomic E-state index is -0.168. The maximum Gasteiger partial charge on any atom is 0.257 e. The molecule has 5 nitrogen and oxygen atoms in total. The molecule has 0 bridgehead atoms. The van der Waals surface area contributed by atoms with E-state index in [9.17, 15) is 4.79 Å². The number of rotatable bonds is 3. The smallest absolute Gasteiger partial charge is 0.257 e. The third-order valence-corrected chi connectivity index (χ3v) is 4.03. The Morgan fingerprint density at radius 2 is 1.92 bits per heavy atom. The molecular formula is C18H13ClN4O. The van der Waals surface area contributed by atoms with Crippen LogP contribution in [0.25, 0.3) is 16.8 Å². The first-order valence-corrected chi connectivity index (χ1v) is 7.77. The van der Waals surface area contributed by atoms with Crippen LogP contribution in [0.2, 0.25) is 5.02 Å². The average molecular weight is 337 g/mol. The van der Waals surface area contributed by atoms with Crippen LogP contribution in [0, 0.1) is 0 Å². The van der Waals surface area contributed by atoms with Gasteiger partial charge in [-0.25, -0.2) is 0 Å². The van der Waals surface area contributed by atoms with Crippen LogP contribution in [-0.2, 0) is 4.79 Å². The van der Waals surface area contributed by atoms with E-state index in [1.165, 1.54) is 0 Å². The maximum atomic E-state index is 12.1. The number of benzene rings is 2. The van der Waals surface area contributed by atoms with Gasteiger partial charge in [0.2, 0.25) is 0 Å². The van der Waals surface area contributed by atoms with E-state index in [1.54, 1.807) is 24.4 Å². The fourth-order valence-electron chi connectivity index (χ4n) is 2.61. The number of anilines is 2. The number of fused-ring (bicyclic) bond motifs is 1. The van der Waals surface area contributed by atoms with Crippen molar-refractivity contribution in [3.05, 3.63) is 71.4 Å². The molecule has 0 spiro atoms. The summed E-state index contributed by atoms with van der Waals surface area (Å²) in [5.41, 5.74) is 4.00. The summed E-state index contributed by atoms with van der Waals surface area (Å²) in [6.07, 6.45) is 1.64. The quantitative estimate of drug-likeness (QED) is 0.630. The average Bonchev–Trinajstić information content (AvgIpc) is 3.18. The maximum absolute atomic E-state index is 12.1. The first kappa shape index (κ1) is 14.5. The fraction of sp³-hybridized carbons (Fsp3) is 0. The van der Waals surface area contributed by atoms with Crippen molar-refractivity contribution in [3.63, 3.8) is 0 Å². The van der Waals surface area contributed by atoms with Crippen molar-refractivity contribution in [2.75, 3.05) is 10.6 Å². The highest BCUT2D eigenvalue weighted by Crippen LogP contribution is 2.33. The van der Waals surface area contributed by atoms with E-state index in [-0.39, 0.29) is 5.91 Å². The molecule has 0 unspecified atom stereocenters. The van der Waals surface area contributed by atoms with E-state index in [0.29, 0.717) is 16.4 Å². The number of hydrogen-bond donors (Lipinski definition) is 3.